The molecule has 3 heteroatoms. The highest BCUT2D eigenvalue weighted by molar-refractivity contribution is 8.00. The number of carbonyl (C=O) groups is 1. The molecule has 1 aromatic carbocycles. The van der Waals surface area contributed by atoms with Gasteiger partial charge in [-0.2, -0.15) is 0 Å². The van der Waals surface area contributed by atoms with Crippen LogP contribution in [0, 0.1) is 13.8 Å². The van der Waals surface area contributed by atoms with E-state index in [1.54, 1.807) is 11.8 Å². The normalized spacial score (nSPS) is 12.3. The molecule has 0 amide bonds. The van der Waals surface area contributed by atoms with Gasteiger partial charge in [0.05, 0.1) is 7.11 Å². The number of benzene rings is 1. The highest BCUT2D eigenvalue weighted by Crippen LogP contribution is 2.27. The third kappa shape index (κ3) is 3.27. The molecule has 0 radical (unpaired) electrons. The molecule has 0 N–H and O–H groups in total. The van der Waals surface area contributed by atoms with Crippen LogP contribution in [0.25, 0.3) is 0 Å². The summed E-state index contributed by atoms with van der Waals surface area (Å²) in [6.45, 7) is 5.95. The summed E-state index contributed by atoms with van der Waals surface area (Å²) in [5.41, 5.74) is 2.40. The van der Waals surface area contributed by atoms with Crippen molar-refractivity contribution in [1.29, 1.82) is 0 Å². The molecule has 1 atom stereocenters. The van der Waals surface area contributed by atoms with Gasteiger partial charge in [-0.3, -0.25) is 4.79 Å². The summed E-state index contributed by atoms with van der Waals surface area (Å²) < 4.78 is 4.69. The van der Waals surface area contributed by atoms with Crippen LogP contribution >= 0.6 is 11.8 Å². The van der Waals surface area contributed by atoms with Gasteiger partial charge in [-0.25, -0.2) is 0 Å². The number of thioether (sulfide) groups is 1. The molecule has 0 aliphatic carbocycles. The van der Waals surface area contributed by atoms with Crippen molar-refractivity contribution in [3.05, 3.63) is 29.3 Å². The van der Waals surface area contributed by atoms with E-state index >= 15 is 0 Å². The number of hydrogen-bond acceptors (Lipinski definition) is 3. The van der Waals surface area contributed by atoms with E-state index in [2.05, 4.69) is 18.2 Å². The maximum absolute atomic E-state index is 11.3. The van der Waals surface area contributed by atoms with Gasteiger partial charge in [0.1, 0.15) is 5.25 Å². The van der Waals surface area contributed by atoms with E-state index in [9.17, 15) is 4.79 Å². The lowest BCUT2D eigenvalue weighted by Gasteiger charge is -2.11. The van der Waals surface area contributed by atoms with Gasteiger partial charge in [0.25, 0.3) is 0 Å². The zero-order valence-electron chi connectivity index (χ0n) is 9.53. The van der Waals surface area contributed by atoms with Crippen molar-refractivity contribution < 1.29 is 9.53 Å². The van der Waals surface area contributed by atoms with Crippen LogP contribution in [-0.2, 0) is 9.53 Å². The third-order valence-electron chi connectivity index (χ3n) is 2.18. The summed E-state index contributed by atoms with van der Waals surface area (Å²) in [6, 6.07) is 6.24. The Labute approximate surface area is 95.0 Å². The zero-order chi connectivity index (χ0) is 11.4. The Kier molecular flexibility index (Phi) is 4.21. The largest absolute Gasteiger partial charge is 0.468 e. The van der Waals surface area contributed by atoms with Crippen LogP contribution in [0.2, 0.25) is 0 Å². The first kappa shape index (κ1) is 12.1. The number of rotatable bonds is 3. The lowest BCUT2D eigenvalue weighted by molar-refractivity contribution is -0.139. The van der Waals surface area contributed by atoms with E-state index in [0.29, 0.717) is 0 Å². The Morgan fingerprint density at radius 3 is 2.67 bits per heavy atom. The van der Waals surface area contributed by atoms with Gasteiger partial charge >= 0.3 is 5.97 Å². The van der Waals surface area contributed by atoms with Crippen molar-refractivity contribution in [1.82, 2.24) is 0 Å². The average Bonchev–Trinajstić information content (AvgIpc) is 2.22. The molecule has 15 heavy (non-hydrogen) atoms. The second-order valence-electron chi connectivity index (χ2n) is 3.55. The monoisotopic (exact) mass is 224 g/mol. The molecule has 2 nitrogen and oxygen atoms in total. The summed E-state index contributed by atoms with van der Waals surface area (Å²) >= 11 is 1.54. The lowest BCUT2D eigenvalue weighted by Crippen LogP contribution is -2.14. The van der Waals surface area contributed by atoms with Gasteiger partial charge < -0.3 is 4.74 Å². The van der Waals surface area contributed by atoms with Gasteiger partial charge in [0.2, 0.25) is 0 Å². The Morgan fingerprint density at radius 1 is 1.40 bits per heavy atom. The molecule has 0 saturated carbocycles. The quantitative estimate of drug-likeness (QED) is 0.583. The van der Waals surface area contributed by atoms with Crippen LogP contribution in [-0.4, -0.2) is 18.3 Å². The predicted octanol–water partition coefficient (Wildman–Crippen LogP) is 2.96. The van der Waals surface area contributed by atoms with Crippen LogP contribution < -0.4 is 0 Å². The molecule has 0 spiro atoms. The topological polar surface area (TPSA) is 26.3 Å². The molecular weight excluding hydrogens is 208 g/mol. The van der Waals surface area contributed by atoms with E-state index in [0.717, 1.165) is 4.90 Å². The first-order valence-electron chi connectivity index (χ1n) is 4.86. The van der Waals surface area contributed by atoms with Gasteiger partial charge in [-0.1, -0.05) is 17.7 Å². The average molecular weight is 224 g/mol. The highest BCUT2D eigenvalue weighted by Gasteiger charge is 2.15. The Balaban J connectivity index is 2.80. The minimum absolute atomic E-state index is 0.157. The molecule has 82 valence electrons. The minimum Gasteiger partial charge on any atom is -0.468 e. The molecule has 1 unspecified atom stereocenters. The van der Waals surface area contributed by atoms with Gasteiger partial charge in [-0.15, -0.1) is 11.8 Å². The standard InChI is InChI=1S/C12H16O2S/c1-8-5-6-9(2)11(7-8)15-10(3)12(13)14-4/h5-7,10H,1-4H3. The van der Waals surface area contributed by atoms with E-state index in [1.165, 1.54) is 18.2 Å². The molecule has 0 aromatic heterocycles. The number of hydrogen-bond donors (Lipinski definition) is 0. The van der Waals surface area contributed by atoms with Crippen LogP contribution in [0.4, 0.5) is 0 Å². The van der Waals surface area contributed by atoms with Crippen molar-refractivity contribution in [2.75, 3.05) is 7.11 Å². The van der Waals surface area contributed by atoms with Crippen LogP contribution in [0.3, 0.4) is 0 Å². The first-order valence-corrected chi connectivity index (χ1v) is 5.74. The molecule has 0 saturated heterocycles. The minimum atomic E-state index is -0.180. The maximum atomic E-state index is 11.3. The highest BCUT2D eigenvalue weighted by atomic mass is 32.2. The van der Waals surface area contributed by atoms with Crippen LogP contribution in [0.1, 0.15) is 18.1 Å². The molecule has 0 aliphatic heterocycles. The molecule has 1 aromatic rings. The fourth-order valence-corrected chi connectivity index (χ4v) is 2.32. The van der Waals surface area contributed by atoms with Crippen molar-refractivity contribution in [3.8, 4) is 0 Å². The van der Waals surface area contributed by atoms with E-state index in [1.807, 2.05) is 20.8 Å². The fourth-order valence-electron chi connectivity index (χ4n) is 1.24. The van der Waals surface area contributed by atoms with Crippen molar-refractivity contribution >= 4 is 17.7 Å². The third-order valence-corrected chi connectivity index (χ3v) is 3.42. The number of carbonyl (C=O) groups excluding carboxylic acids is 1. The van der Waals surface area contributed by atoms with Gasteiger partial charge in [0.15, 0.2) is 0 Å². The predicted molar refractivity (Wildman–Crippen MR) is 63.3 cm³/mol. The summed E-state index contributed by atoms with van der Waals surface area (Å²) in [5.74, 6) is -0.180. The summed E-state index contributed by atoms with van der Waals surface area (Å²) in [4.78, 5) is 12.4. The lowest BCUT2D eigenvalue weighted by atomic mass is 10.2. The van der Waals surface area contributed by atoms with Crippen molar-refractivity contribution in [3.63, 3.8) is 0 Å². The van der Waals surface area contributed by atoms with Gasteiger partial charge in [0, 0.05) is 4.90 Å². The first-order chi connectivity index (χ1) is 7.04. The van der Waals surface area contributed by atoms with Crippen LogP contribution in [0.15, 0.2) is 23.1 Å². The number of ether oxygens (including phenoxy) is 1. The maximum Gasteiger partial charge on any atom is 0.318 e. The smallest absolute Gasteiger partial charge is 0.318 e. The number of aryl methyl sites for hydroxylation is 2. The van der Waals surface area contributed by atoms with Crippen molar-refractivity contribution in [2.24, 2.45) is 0 Å². The van der Waals surface area contributed by atoms with E-state index < -0.39 is 0 Å². The molecule has 0 heterocycles. The molecule has 0 fully saturated rings. The second kappa shape index (κ2) is 5.21. The summed E-state index contributed by atoms with van der Waals surface area (Å²) in [6.07, 6.45) is 0. The van der Waals surface area contributed by atoms with Crippen molar-refractivity contribution in [2.45, 2.75) is 30.9 Å². The molecule has 0 bridgehead atoms. The number of esters is 1. The van der Waals surface area contributed by atoms with Gasteiger partial charge in [-0.05, 0) is 32.4 Å². The molecule has 1 rings (SSSR count). The van der Waals surface area contributed by atoms with Crippen LogP contribution in [0.5, 0.6) is 0 Å². The van der Waals surface area contributed by atoms with E-state index in [4.69, 9.17) is 4.74 Å². The zero-order valence-corrected chi connectivity index (χ0v) is 10.4. The molecular formula is C12H16O2S. The Hall–Kier alpha value is -0.960. The number of methoxy groups -OCH3 is 1. The molecule has 0 aliphatic rings. The second-order valence-corrected chi connectivity index (χ2v) is 4.93. The Morgan fingerprint density at radius 2 is 2.07 bits per heavy atom. The SMILES string of the molecule is COC(=O)C(C)Sc1cc(C)ccc1C. The summed E-state index contributed by atoms with van der Waals surface area (Å²) in [5, 5.41) is -0.157. The fraction of sp³-hybridized carbons (Fsp3) is 0.417. The van der Waals surface area contributed by atoms with E-state index in [-0.39, 0.29) is 11.2 Å². The Bertz CT molecular complexity index is 361. The summed E-state index contributed by atoms with van der Waals surface area (Å²) in [7, 11) is 1.42.